The third kappa shape index (κ3) is 2.62. The highest BCUT2D eigenvalue weighted by molar-refractivity contribution is 5.42. The Labute approximate surface area is 108 Å². The summed E-state index contributed by atoms with van der Waals surface area (Å²) in [7, 11) is 0. The minimum atomic E-state index is 0.507. The monoisotopic (exact) mass is 242 g/mol. The van der Waals surface area contributed by atoms with Gasteiger partial charge in [-0.05, 0) is 30.9 Å². The number of nitrogens with zero attached hydrogens (tertiary/aromatic N) is 4. The summed E-state index contributed by atoms with van der Waals surface area (Å²) in [4.78, 5) is 9.20. The van der Waals surface area contributed by atoms with E-state index in [9.17, 15) is 0 Å². The molecule has 94 valence electrons. The van der Waals surface area contributed by atoms with Crippen LogP contribution >= 0.6 is 0 Å². The van der Waals surface area contributed by atoms with E-state index < -0.39 is 0 Å². The van der Waals surface area contributed by atoms with Gasteiger partial charge in [0, 0.05) is 32.7 Å². The molecular weight excluding hydrogens is 224 g/mol. The van der Waals surface area contributed by atoms with Gasteiger partial charge in [0.25, 0.3) is 0 Å². The molecule has 1 saturated heterocycles. The number of anilines is 1. The van der Waals surface area contributed by atoms with E-state index in [4.69, 9.17) is 5.26 Å². The quantitative estimate of drug-likeness (QED) is 0.805. The molecule has 1 aliphatic carbocycles. The minimum Gasteiger partial charge on any atom is -0.354 e. The molecule has 4 heteroatoms. The third-order valence-corrected chi connectivity index (χ3v) is 3.76. The Morgan fingerprint density at radius 3 is 2.67 bits per heavy atom. The van der Waals surface area contributed by atoms with Crippen molar-refractivity contribution in [2.75, 3.05) is 37.6 Å². The van der Waals surface area contributed by atoms with Crippen molar-refractivity contribution in [2.24, 2.45) is 5.92 Å². The highest BCUT2D eigenvalue weighted by Crippen LogP contribution is 2.30. The number of rotatable bonds is 3. The maximum atomic E-state index is 8.87. The number of piperazine rings is 1. The van der Waals surface area contributed by atoms with Gasteiger partial charge >= 0.3 is 0 Å². The lowest BCUT2D eigenvalue weighted by Gasteiger charge is -2.35. The number of aromatic nitrogens is 1. The smallest absolute Gasteiger partial charge is 0.142 e. The zero-order chi connectivity index (χ0) is 12.4. The van der Waals surface area contributed by atoms with Crippen LogP contribution in [-0.4, -0.2) is 42.6 Å². The molecule has 1 saturated carbocycles. The summed E-state index contributed by atoms with van der Waals surface area (Å²) < 4.78 is 0. The summed E-state index contributed by atoms with van der Waals surface area (Å²) in [6.45, 7) is 5.56. The highest BCUT2D eigenvalue weighted by Gasteiger charge is 2.26. The Kier molecular flexibility index (Phi) is 3.16. The van der Waals surface area contributed by atoms with E-state index in [0.29, 0.717) is 5.69 Å². The van der Waals surface area contributed by atoms with Crippen molar-refractivity contribution in [3.63, 3.8) is 0 Å². The Balaban J connectivity index is 1.59. The number of hydrogen-bond acceptors (Lipinski definition) is 4. The molecule has 4 nitrogen and oxygen atoms in total. The first-order valence-electron chi connectivity index (χ1n) is 6.69. The molecule has 2 aliphatic rings. The van der Waals surface area contributed by atoms with Crippen LogP contribution in [0.2, 0.25) is 0 Å². The Hall–Kier alpha value is -1.60. The van der Waals surface area contributed by atoms with E-state index in [2.05, 4.69) is 20.9 Å². The second-order valence-electron chi connectivity index (χ2n) is 5.22. The van der Waals surface area contributed by atoms with Gasteiger partial charge in [-0.1, -0.05) is 6.07 Å². The van der Waals surface area contributed by atoms with Gasteiger partial charge in [0.05, 0.1) is 0 Å². The normalized spacial score (nSPS) is 20.7. The van der Waals surface area contributed by atoms with Crippen LogP contribution in [0.15, 0.2) is 18.2 Å². The summed E-state index contributed by atoms with van der Waals surface area (Å²) in [5, 5.41) is 8.87. The van der Waals surface area contributed by atoms with Crippen LogP contribution in [0.3, 0.4) is 0 Å². The van der Waals surface area contributed by atoms with Gasteiger partial charge in [-0.3, -0.25) is 4.90 Å². The molecule has 0 unspecified atom stereocenters. The summed E-state index contributed by atoms with van der Waals surface area (Å²) in [5.74, 6) is 1.91. The van der Waals surface area contributed by atoms with Crippen LogP contribution in [-0.2, 0) is 0 Å². The second kappa shape index (κ2) is 4.95. The summed E-state index contributed by atoms with van der Waals surface area (Å²) in [6.07, 6.45) is 2.85. The van der Waals surface area contributed by atoms with Gasteiger partial charge in [-0.15, -0.1) is 0 Å². The maximum Gasteiger partial charge on any atom is 0.142 e. The van der Waals surface area contributed by atoms with Gasteiger partial charge in [0.2, 0.25) is 0 Å². The highest BCUT2D eigenvalue weighted by atomic mass is 15.3. The Morgan fingerprint density at radius 1 is 1.22 bits per heavy atom. The predicted molar refractivity (Wildman–Crippen MR) is 70.3 cm³/mol. The lowest BCUT2D eigenvalue weighted by atomic mass is 10.2. The SMILES string of the molecule is N#Cc1cccc(N2CCN(CC3CC3)CC2)n1. The molecule has 0 bridgehead atoms. The molecule has 3 rings (SSSR count). The molecule has 1 aromatic heterocycles. The lowest BCUT2D eigenvalue weighted by Crippen LogP contribution is -2.47. The molecule has 2 fully saturated rings. The molecule has 0 amide bonds. The average Bonchev–Trinajstić information content (AvgIpc) is 3.24. The molecular formula is C14H18N4. The van der Waals surface area contributed by atoms with Crippen LogP contribution in [0.1, 0.15) is 18.5 Å². The fourth-order valence-corrected chi connectivity index (χ4v) is 2.49. The van der Waals surface area contributed by atoms with E-state index >= 15 is 0 Å². The average molecular weight is 242 g/mol. The molecule has 2 heterocycles. The summed E-state index contributed by atoms with van der Waals surface area (Å²) in [6, 6.07) is 7.77. The van der Waals surface area contributed by atoms with E-state index in [-0.39, 0.29) is 0 Å². The van der Waals surface area contributed by atoms with E-state index in [1.807, 2.05) is 12.1 Å². The first-order chi connectivity index (χ1) is 8.85. The second-order valence-corrected chi connectivity index (χ2v) is 5.22. The van der Waals surface area contributed by atoms with Crippen LogP contribution < -0.4 is 4.90 Å². The van der Waals surface area contributed by atoms with Crippen molar-refractivity contribution in [2.45, 2.75) is 12.8 Å². The number of pyridine rings is 1. The lowest BCUT2D eigenvalue weighted by molar-refractivity contribution is 0.247. The van der Waals surface area contributed by atoms with Gasteiger partial charge < -0.3 is 4.90 Å². The van der Waals surface area contributed by atoms with Gasteiger partial charge in [-0.2, -0.15) is 5.26 Å². The number of nitriles is 1. The van der Waals surface area contributed by atoms with Crippen molar-refractivity contribution in [1.29, 1.82) is 5.26 Å². The first-order valence-corrected chi connectivity index (χ1v) is 6.69. The largest absolute Gasteiger partial charge is 0.354 e. The van der Waals surface area contributed by atoms with Gasteiger partial charge in [0.15, 0.2) is 0 Å². The van der Waals surface area contributed by atoms with Gasteiger partial charge in [0.1, 0.15) is 17.6 Å². The van der Waals surface area contributed by atoms with Crippen molar-refractivity contribution >= 4 is 5.82 Å². The molecule has 0 radical (unpaired) electrons. The minimum absolute atomic E-state index is 0.507. The topological polar surface area (TPSA) is 43.2 Å². The third-order valence-electron chi connectivity index (χ3n) is 3.76. The summed E-state index contributed by atoms with van der Waals surface area (Å²) in [5.41, 5.74) is 0.507. The van der Waals surface area contributed by atoms with Crippen LogP contribution in [0.4, 0.5) is 5.82 Å². The van der Waals surface area contributed by atoms with E-state index in [1.54, 1.807) is 6.07 Å². The van der Waals surface area contributed by atoms with Crippen LogP contribution in [0.25, 0.3) is 0 Å². The molecule has 0 N–H and O–H groups in total. The Morgan fingerprint density at radius 2 is 2.00 bits per heavy atom. The predicted octanol–water partition coefficient (Wildman–Crippen LogP) is 1.49. The fourth-order valence-electron chi connectivity index (χ4n) is 2.49. The zero-order valence-corrected chi connectivity index (χ0v) is 10.5. The standard InChI is InChI=1S/C14H18N4/c15-10-13-2-1-3-14(16-13)18-8-6-17(7-9-18)11-12-4-5-12/h1-3,12H,4-9,11H2. The van der Waals surface area contributed by atoms with Crippen molar-refractivity contribution < 1.29 is 0 Å². The molecule has 0 spiro atoms. The molecule has 1 aromatic rings. The van der Waals surface area contributed by atoms with Gasteiger partial charge in [-0.25, -0.2) is 4.98 Å². The van der Waals surface area contributed by atoms with Crippen molar-refractivity contribution in [3.05, 3.63) is 23.9 Å². The molecule has 1 aliphatic heterocycles. The van der Waals surface area contributed by atoms with E-state index in [0.717, 1.165) is 37.9 Å². The molecule has 0 aromatic carbocycles. The Bertz CT molecular complexity index is 453. The number of hydrogen-bond donors (Lipinski definition) is 0. The first kappa shape index (κ1) is 11.5. The van der Waals surface area contributed by atoms with Crippen LogP contribution in [0.5, 0.6) is 0 Å². The van der Waals surface area contributed by atoms with Crippen molar-refractivity contribution in [3.8, 4) is 6.07 Å². The zero-order valence-electron chi connectivity index (χ0n) is 10.5. The molecule has 0 atom stereocenters. The van der Waals surface area contributed by atoms with E-state index in [1.165, 1.54) is 19.4 Å². The summed E-state index contributed by atoms with van der Waals surface area (Å²) >= 11 is 0. The molecule has 18 heavy (non-hydrogen) atoms. The fraction of sp³-hybridized carbons (Fsp3) is 0.571. The maximum absolute atomic E-state index is 8.87. The van der Waals surface area contributed by atoms with Crippen LogP contribution in [0, 0.1) is 17.2 Å². The van der Waals surface area contributed by atoms with Crippen molar-refractivity contribution in [1.82, 2.24) is 9.88 Å².